The lowest BCUT2D eigenvalue weighted by Gasteiger charge is -2.29. The van der Waals surface area contributed by atoms with Crippen molar-refractivity contribution in [1.82, 2.24) is 4.90 Å². The predicted octanol–water partition coefficient (Wildman–Crippen LogP) is 3.59. The number of carbonyl (C=O) groups excluding carboxylic acids is 2. The number of ether oxygens (including phenoxy) is 1. The van der Waals surface area contributed by atoms with Crippen LogP contribution in [-0.4, -0.2) is 30.4 Å². The molecule has 5 heteroatoms. The SMILES string of the molecule is COC(=O)CCN(C(=O)c1cccc(F)c1)C(C)c1ccccc1. The van der Waals surface area contributed by atoms with E-state index >= 15 is 0 Å². The molecule has 4 nitrogen and oxygen atoms in total. The summed E-state index contributed by atoms with van der Waals surface area (Å²) in [6, 6.07) is 14.8. The third-order valence-electron chi connectivity index (χ3n) is 3.87. The van der Waals surface area contributed by atoms with Crippen LogP contribution in [0.3, 0.4) is 0 Å². The molecule has 1 atom stereocenters. The molecule has 0 aromatic heterocycles. The van der Waals surface area contributed by atoms with Crippen LogP contribution < -0.4 is 0 Å². The molecule has 0 heterocycles. The van der Waals surface area contributed by atoms with Gasteiger partial charge in [-0.3, -0.25) is 9.59 Å². The molecule has 1 amide bonds. The standard InChI is InChI=1S/C19H20FNO3/c1-14(15-7-4-3-5-8-15)21(12-11-18(22)24-2)19(23)16-9-6-10-17(20)13-16/h3-10,13-14H,11-12H2,1-2H3. The molecule has 0 aliphatic heterocycles. The number of amides is 1. The molecule has 0 saturated heterocycles. The molecule has 0 bridgehead atoms. The van der Waals surface area contributed by atoms with E-state index in [-0.39, 0.29) is 30.5 Å². The Balaban J connectivity index is 2.28. The first-order valence-corrected chi connectivity index (χ1v) is 7.71. The van der Waals surface area contributed by atoms with Crippen molar-refractivity contribution in [3.8, 4) is 0 Å². The second-order valence-corrected chi connectivity index (χ2v) is 5.42. The molecule has 2 rings (SSSR count). The first-order chi connectivity index (χ1) is 11.5. The summed E-state index contributed by atoms with van der Waals surface area (Å²) in [5.74, 6) is -1.19. The zero-order valence-electron chi connectivity index (χ0n) is 13.7. The summed E-state index contributed by atoms with van der Waals surface area (Å²) in [5, 5.41) is 0. The largest absolute Gasteiger partial charge is 0.469 e. The predicted molar refractivity (Wildman–Crippen MR) is 88.9 cm³/mol. The Kier molecular flexibility index (Phi) is 6.07. The molecule has 0 aliphatic carbocycles. The van der Waals surface area contributed by atoms with Crippen molar-refractivity contribution in [2.75, 3.05) is 13.7 Å². The van der Waals surface area contributed by atoms with Gasteiger partial charge in [-0.25, -0.2) is 4.39 Å². The average Bonchev–Trinajstić information content (AvgIpc) is 2.62. The number of rotatable bonds is 6. The molecule has 2 aromatic rings. The Labute approximate surface area is 140 Å². The molecule has 0 spiro atoms. The summed E-state index contributed by atoms with van der Waals surface area (Å²) in [7, 11) is 1.31. The van der Waals surface area contributed by atoms with Crippen LogP contribution in [0.15, 0.2) is 54.6 Å². The Morgan fingerprint density at radius 3 is 2.46 bits per heavy atom. The highest BCUT2D eigenvalue weighted by molar-refractivity contribution is 5.94. The minimum Gasteiger partial charge on any atom is -0.469 e. The van der Waals surface area contributed by atoms with Gasteiger partial charge in [0.1, 0.15) is 5.82 Å². The lowest BCUT2D eigenvalue weighted by atomic mass is 10.0. The minimum atomic E-state index is -0.471. The minimum absolute atomic E-state index is 0.0781. The molecule has 24 heavy (non-hydrogen) atoms. The van der Waals surface area contributed by atoms with Gasteiger partial charge in [-0.05, 0) is 30.7 Å². The summed E-state index contributed by atoms with van der Waals surface area (Å²) in [5.41, 5.74) is 1.19. The molecular weight excluding hydrogens is 309 g/mol. The highest BCUT2D eigenvalue weighted by Crippen LogP contribution is 2.23. The quantitative estimate of drug-likeness (QED) is 0.761. The van der Waals surface area contributed by atoms with E-state index < -0.39 is 11.8 Å². The van der Waals surface area contributed by atoms with Crippen molar-refractivity contribution in [2.45, 2.75) is 19.4 Å². The molecule has 0 fully saturated rings. The van der Waals surface area contributed by atoms with E-state index in [0.29, 0.717) is 0 Å². The molecule has 2 aromatic carbocycles. The van der Waals surface area contributed by atoms with Gasteiger partial charge >= 0.3 is 5.97 Å². The van der Waals surface area contributed by atoms with Gasteiger partial charge in [0.2, 0.25) is 0 Å². The summed E-state index contributed by atoms with van der Waals surface area (Å²) in [4.78, 5) is 25.8. The molecule has 126 valence electrons. The smallest absolute Gasteiger partial charge is 0.307 e. The number of hydrogen-bond acceptors (Lipinski definition) is 3. The fourth-order valence-corrected chi connectivity index (χ4v) is 2.48. The van der Waals surface area contributed by atoms with E-state index in [1.807, 2.05) is 37.3 Å². The number of nitrogens with zero attached hydrogens (tertiary/aromatic N) is 1. The Morgan fingerprint density at radius 1 is 1.12 bits per heavy atom. The Hall–Kier alpha value is -2.69. The first kappa shape index (κ1) is 17.7. The molecule has 0 radical (unpaired) electrons. The molecule has 1 unspecified atom stereocenters. The molecular formula is C19H20FNO3. The zero-order valence-corrected chi connectivity index (χ0v) is 13.7. The van der Waals surface area contributed by atoms with Crippen LogP contribution in [0.1, 0.15) is 35.3 Å². The average molecular weight is 329 g/mol. The highest BCUT2D eigenvalue weighted by atomic mass is 19.1. The summed E-state index contributed by atoms with van der Waals surface area (Å²) in [6.45, 7) is 2.07. The maximum Gasteiger partial charge on any atom is 0.307 e. The van der Waals surface area contributed by atoms with Crippen LogP contribution in [0.5, 0.6) is 0 Å². The van der Waals surface area contributed by atoms with Crippen LogP contribution in [0.2, 0.25) is 0 Å². The number of hydrogen-bond donors (Lipinski definition) is 0. The maximum absolute atomic E-state index is 13.4. The van der Waals surface area contributed by atoms with Crippen LogP contribution in [0.4, 0.5) is 4.39 Å². The summed E-state index contributed by atoms with van der Waals surface area (Å²) >= 11 is 0. The first-order valence-electron chi connectivity index (χ1n) is 7.71. The van der Waals surface area contributed by atoms with Crippen molar-refractivity contribution < 1.29 is 18.7 Å². The van der Waals surface area contributed by atoms with Gasteiger partial charge in [-0.1, -0.05) is 36.4 Å². The fourth-order valence-electron chi connectivity index (χ4n) is 2.48. The number of benzene rings is 2. The highest BCUT2D eigenvalue weighted by Gasteiger charge is 2.23. The van der Waals surface area contributed by atoms with Crippen molar-refractivity contribution >= 4 is 11.9 Å². The van der Waals surface area contributed by atoms with Gasteiger partial charge in [0.15, 0.2) is 0 Å². The molecule has 0 saturated carbocycles. The van der Waals surface area contributed by atoms with E-state index in [0.717, 1.165) is 5.56 Å². The summed E-state index contributed by atoms with van der Waals surface area (Å²) < 4.78 is 18.1. The molecule has 0 aliphatic rings. The lowest BCUT2D eigenvalue weighted by molar-refractivity contribution is -0.140. The van der Waals surface area contributed by atoms with E-state index in [1.54, 1.807) is 11.0 Å². The van der Waals surface area contributed by atoms with Gasteiger partial charge in [-0.15, -0.1) is 0 Å². The second-order valence-electron chi connectivity index (χ2n) is 5.42. The van der Waals surface area contributed by atoms with Crippen molar-refractivity contribution in [3.05, 3.63) is 71.5 Å². The topological polar surface area (TPSA) is 46.6 Å². The van der Waals surface area contributed by atoms with Crippen LogP contribution in [-0.2, 0) is 9.53 Å². The van der Waals surface area contributed by atoms with E-state index in [2.05, 4.69) is 4.74 Å². The zero-order chi connectivity index (χ0) is 17.5. The fraction of sp³-hybridized carbons (Fsp3) is 0.263. The normalized spacial score (nSPS) is 11.6. The number of carbonyl (C=O) groups is 2. The number of esters is 1. The van der Waals surface area contributed by atoms with E-state index in [9.17, 15) is 14.0 Å². The third kappa shape index (κ3) is 4.41. The second kappa shape index (κ2) is 8.24. The molecule has 0 N–H and O–H groups in total. The number of methoxy groups -OCH3 is 1. The number of halogens is 1. The van der Waals surface area contributed by atoms with Crippen molar-refractivity contribution in [1.29, 1.82) is 0 Å². The van der Waals surface area contributed by atoms with Gasteiger partial charge in [-0.2, -0.15) is 0 Å². The van der Waals surface area contributed by atoms with E-state index in [1.165, 1.54) is 25.3 Å². The van der Waals surface area contributed by atoms with Gasteiger partial charge in [0.25, 0.3) is 5.91 Å². The van der Waals surface area contributed by atoms with Gasteiger partial charge in [0, 0.05) is 12.1 Å². The van der Waals surface area contributed by atoms with Gasteiger partial charge < -0.3 is 9.64 Å². The Morgan fingerprint density at radius 2 is 1.83 bits per heavy atom. The van der Waals surface area contributed by atoms with Gasteiger partial charge in [0.05, 0.1) is 19.6 Å². The monoisotopic (exact) mass is 329 g/mol. The lowest BCUT2D eigenvalue weighted by Crippen LogP contribution is -2.35. The maximum atomic E-state index is 13.4. The third-order valence-corrected chi connectivity index (χ3v) is 3.87. The van der Waals surface area contributed by atoms with E-state index in [4.69, 9.17) is 0 Å². The van der Waals surface area contributed by atoms with Crippen molar-refractivity contribution in [2.24, 2.45) is 0 Å². The van der Waals surface area contributed by atoms with Crippen molar-refractivity contribution in [3.63, 3.8) is 0 Å². The van der Waals surface area contributed by atoms with Crippen LogP contribution >= 0.6 is 0 Å². The van der Waals surface area contributed by atoms with Crippen LogP contribution in [0, 0.1) is 5.82 Å². The van der Waals surface area contributed by atoms with Crippen LogP contribution in [0.25, 0.3) is 0 Å². The Bertz CT molecular complexity index is 703. The summed E-state index contributed by atoms with van der Waals surface area (Å²) in [6.07, 6.45) is 0.0781.